The predicted octanol–water partition coefficient (Wildman–Crippen LogP) is 1.35. The molecule has 1 atom stereocenters. The van der Waals surface area contributed by atoms with E-state index in [1.54, 1.807) is 18.2 Å². The minimum Gasteiger partial charge on any atom is -0.389 e. The summed E-state index contributed by atoms with van der Waals surface area (Å²) >= 11 is 0. The fourth-order valence-corrected chi connectivity index (χ4v) is 5.11. The summed E-state index contributed by atoms with van der Waals surface area (Å²) in [7, 11) is -3.18. The zero-order valence-electron chi connectivity index (χ0n) is 10.7. The fourth-order valence-electron chi connectivity index (χ4n) is 2.83. The van der Waals surface area contributed by atoms with Crippen molar-refractivity contribution in [2.24, 2.45) is 5.92 Å². The Morgan fingerprint density at radius 2 is 1.88 bits per heavy atom. The molecule has 1 N–H and O–H groups in total. The highest BCUT2D eigenvalue weighted by molar-refractivity contribution is 7.89. The van der Waals surface area contributed by atoms with Crippen LogP contribution in [0.2, 0.25) is 0 Å². The van der Waals surface area contributed by atoms with E-state index in [1.165, 1.54) is 0 Å². The number of rotatable bonds is 4. The van der Waals surface area contributed by atoms with Crippen LogP contribution in [0.1, 0.15) is 46.0 Å². The van der Waals surface area contributed by atoms with Crippen LogP contribution in [0.15, 0.2) is 0 Å². The highest BCUT2D eigenvalue weighted by Crippen LogP contribution is 2.33. The van der Waals surface area contributed by atoms with E-state index in [-0.39, 0.29) is 11.8 Å². The minimum atomic E-state index is -3.18. The third-order valence-corrected chi connectivity index (χ3v) is 6.09. The summed E-state index contributed by atoms with van der Waals surface area (Å²) in [5, 5.41) is 10.1. The lowest BCUT2D eigenvalue weighted by atomic mass is 9.87. The highest BCUT2D eigenvalue weighted by Gasteiger charge is 2.42. The topological polar surface area (TPSA) is 57.6 Å². The third-order valence-electron chi connectivity index (χ3n) is 4.05. The molecule has 5 heteroatoms. The minimum absolute atomic E-state index is 0.243. The van der Waals surface area contributed by atoms with Gasteiger partial charge in [0.05, 0.1) is 17.4 Å². The molecule has 1 saturated carbocycles. The second kappa shape index (κ2) is 4.52. The van der Waals surface area contributed by atoms with Crippen molar-refractivity contribution in [3.05, 3.63) is 0 Å². The molecule has 0 aromatic rings. The number of hydrogen-bond donors (Lipinski definition) is 1. The summed E-state index contributed by atoms with van der Waals surface area (Å²) in [6.45, 7) is 3.98. The van der Waals surface area contributed by atoms with Crippen molar-refractivity contribution in [2.75, 3.05) is 12.3 Å². The second-order valence-electron chi connectivity index (χ2n) is 6.00. The smallest absolute Gasteiger partial charge is 0.214 e. The summed E-state index contributed by atoms with van der Waals surface area (Å²) in [4.78, 5) is 0. The van der Waals surface area contributed by atoms with Crippen molar-refractivity contribution in [3.63, 3.8) is 0 Å². The van der Waals surface area contributed by atoms with Gasteiger partial charge in [0.15, 0.2) is 0 Å². The maximum absolute atomic E-state index is 12.3. The first-order valence-electron chi connectivity index (χ1n) is 6.52. The maximum atomic E-state index is 12.3. The van der Waals surface area contributed by atoms with Crippen LogP contribution in [0.3, 0.4) is 0 Å². The molecular formula is C12H23NO3S. The van der Waals surface area contributed by atoms with Crippen LogP contribution in [0.25, 0.3) is 0 Å². The van der Waals surface area contributed by atoms with E-state index in [9.17, 15) is 13.5 Å². The molecule has 2 rings (SSSR count). The molecule has 100 valence electrons. The summed E-state index contributed by atoms with van der Waals surface area (Å²) < 4.78 is 26.2. The molecule has 0 bridgehead atoms. The van der Waals surface area contributed by atoms with E-state index >= 15 is 0 Å². The van der Waals surface area contributed by atoms with Crippen LogP contribution in [-0.4, -0.2) is 41.8 Å². The number of nitrogens with zero attached hydrogens (tertiary/aromatic N) is 1. The lowest BCUT2D eigenvalue weighted by Gasteiger charge is -2.35. The van der Waals surface area contributed by atoms with Crippen LogP contribution >= 0.6 is 0 Å². The monoisotopic (exact) mass is 261 g/mol. The van der Waals surface area contributed by atoms with Crippen molar-refractivity contribution in [2.45, 2.75) is 57.6 Å². The zero-order chi connectivity index (χ0) is 12.7. The summed E-state index contributed by atoms with van der Waals surface area (Å²) in [5.41, 5.74) is -0.941. The van der Waals surface area contributed by atoms with Crippen molar-refractivity contribution in [1.82, 2.24) is 4.31 Å². The maximum Gasteiger partial charge on any atom is 0.214 e. The molecule has 1 saturated heterocycles. The van der Waals surface area contributed by atoms with Gasteiger partial charge in [-0.1, -0.05) is 6.42 Å². The SMILES string of the molecule is CC(C)(O)C1CCCN1S(=O)(=O)CC1CCC1. The number of sulfonamides is 1. The van der Waals surface area contributed by atoms with Gasteiger partial charge in [-0.25, -0.2) is 8.42 Å². The van der Waals surface area contributed by atoms with Crippen molar-refractivity contribution in [1.29, 1.82) is 0 Å². The first-order valence-corrected chi connectivity index (χ1v) is 8.13. The van der Waals surface area contributed by atoms with E-state index in [2.05, 4.69) is 0 Å². The summed E-state index contributed by atoms with van der Waals surface area (Å²) in [6, 6.07) is -0.243. The van der Waals surface area contributed by atoms with Crippen molar-refractivity contribution < 1.29 is 13.5 Å². The first-order chi connectivity index (χ1) is 7.81. The van der Waals surface area contributed by atoms with Gasteiger partial charge in [0.2, 0.25) is 10.0 Å². The van der Waals surface area contributed by atoms with Crippen LogP contribution in [-0.2, 0) is 10.0 Å². The van der Waals surface area contributed by atoms with Gasteiger partial charge in [0.25, 0.3) is 0 Å². The Hall–Kier alpha value is -0.130. The zero-order valence-corrected chi connectivity index (χ0v) is 11.5. The molecule has 0 radical (unpaired) electrons. The molecule has 0 amide bonds. The van der Waals surface area contributed by atoms with Crippen molar-refractivity contribution in [3.8, 4) is 0 Å². The van der Waals surface area contributed by atoms with E-state index in [0.29, 0.717) is 12.5 Å². The van der Waals surface area contributed by atoms with Crippen LogP contribution in [0.4, 0.5) is 0 Å². The lowest BCUT2D eigenvalue weighted by molar-refractivity contribution is 0.0213. The van der Waals surface area contributed by atoms with Crippen molar-refractivity contribution >= 4 is 10.0 Å². The fraction of sp³-hybridized carbons (Fsp3) is 1.00. The Morgan fingerprint density at radius 1 is 1.24 bits per heavy atom. The Bertz CT molecular complexity index is 368. The van der Waals surface area contributed by atoms with Gasteiger partial charge >= 0.3 is 0 Å². The van der Waals surface area contributed by atoms with Gasteiger partial charge in [-0.05, 0) is 45.4 Å². The molecule has 4 nitrogen and oxygen atoms in total. The van der Waals surface area contributed by atoms with Gasteiger partial charge in [0.1, 0.15) is 0 Å². The van der Waals surface area contributed by atoms with Crippen LogP contribution < -0.4 is 0 Å². The molecule has 0 aromatic carbocycles. The normalized spacial score (nSPS) is 28.3. The largest absolute Gasteiger partial charge is 0.389 e. The lowest BCUT2D eigenvalue weighted by Crippen LogP contribution is -2.49. The van der Waals surface area contributed by atoms with Crippen LogP contribution in [0, 0.1) is 5.92 Å². The Balaban J connectivity index is 2.09. The highest BCUT2D eigenvalue weighted by atomic mass is 32.2. The molecule has 1 unspecified atom stereocenters. The quantitative estimate of drug-likeness (QED) is 0.831. The first kappa shape index (κ1) is 13.3. The molecule has 2 fully saturated rings. The van der Waals surface area contributed by atoms with E-state index < -0.39 is 15.6 Å². The Labute approximate surface area is 104 Å². The standard InChI is InChI=1S/C12H23NO3S/c1-12(2,14)11-7-4-8-13(11)17(15,16)9-10-5-3-6-10/h10-11,14H,3-9H2,1-2H3. The molecule has 2 aliphatic rings. The van der Waals surface area contributed by atoms with E-state index in [0.717, 1.165) is 32.1 Å². The Morgan fingerprint density at radius 3 is 2.35 bits per heavy atom. The molecule has 0 aromatic heterocycles. The van der Waals surface area contributed by atoms with E-state index in [4.69, 9.17) is 0 Å². The van der Waals surface area contributed by atoms with Crippen LogP contribution in [0.5, 0.6) is 0 Å². The molecular weight excluding hydrogens is 238 g/mol. The van der Waals surface area contributed by atoms with Gasteiger partial charge in [0, 0.05) is 6.54 Å². The van der Waals surface area contributed by atoms with E-state index in [1.807, 2.05) is 0 Å². The molecule has 1 aliphatic heterocycles. The summed E-state index contributed by atoms with van der Waals surface area (Å²) in [6.07, 6.45) is 4.88. The van der Waals surface area contributed by atoms with Gasteiger partial charge in [-0.2, -0.15) is 4.31 Å². The average Bonchev–Trinajstić information content (AvgIpc) is 2.59. The third kappa shape index (κ3) is 2.83. The molecule has 17 heavy (non-hydrogen) atoms. The average molecular weight is 261 g/mol. The summed E-state index contributed by atoms with van der Waals surface area (Å²) in [5.74, 6) is 0.627. The predicted molar refractivity (Wildman–Crippen MR) is 67.2 cm³/mol. The number of hydrogen-bond acceptors (Lipinski definition) is 3. The van der Waals surface area contributed by atoms with Gasteiger partial charge in [-0.3, -0.25) is 0 Å². The van der Waals surface area contributed by atoms with Gasteiger partial charge in [-0.15, -0.1) is 0 Å². The molecule has 1 heterocycles. The molecule has 0 spiro atoms. The number of aliphatic hydroxyl groups is 1. The Kier molecular flexibility index (Phi) is 3.54. The second-order valence-corrected chi connectivity index (χ2v) is 7.96. The molecule has 1 aliphatic carbocycles. The van der Waals surface area contributed by atoms with Gasteiger partial charge < -0.3 is 5.11 Å².